The number of carbonyl (C=O) groups is 4. The van der Waals surface area contributed by atoms with Crippen LogP contribution in [0.5, 0.6) is 0 Å². The van der Waals surface area contributed by atoms with Crippen LogP contribution in [0.4, 0.5) is 4.79 Å². The fourth-order valence-corrected chi connectivity index (χ4v) is 2.80. The zero-order valence-corrected chi connectivity index (χ0v) is 21.6. The monoisotopic (exact) mass is 487 g/mol. The van der Waals surface area contributed by atoms with Gasteiger partial charge in [-0.15, -0.1) is 0 Å². The fraction of sp³-hybridized carbons (Fsp3) is 0.833. The lowest BCUT2D eigenvalue weighted by Crippen LogP contribution is -2.52. The Morgan fingerprint density at radius 3 is 1.88 bits per heavy atom. The van der Waals surface area contributed by atoms with Crippen LogP contribution in [0.25, 0.3) is 0 Å². The van der Waals surface area contributed by atoms with E-state index in [2.05, 4.69) is 10.6 Å². The third-order valence-corrected chi connectivity index (χ3v) is 4.67. The third-order valence-electron chi connectivity index (χ3n) is 4.67. The molecule has 4 N–H and O–H groups in total. The van der Waals surface area contributed by atoms with Gasteiger partial charge in [0.15, 0.2) is 0 Å². The Bertz CT molecular complexity index is 620. The lowest BCUT2D eigenvalue weighted by atomic mass is 10.1. The highest BCUT2D eigenvalue weighted by Crippen LogP contribution is 2.12. The Morgan fingerprint density at radius 2 is 1.35 bits per heavy atom. The van der Waals surface area contributed by atoms with Gasteiger partial charge in [0.1, 0.15) is 17.7 Å². The van der Waals surface area contributed by atoms with Crippen molar-refractivity contribution in [2.75, 3.05) is 19.8 Å². The average molecular weight is 488 g/mol. The number of rotatable bonds is 17. The molecular formula is C24H45N3O7. The van der Waals surface area contributed by atoms with Crippen LogP contribution in [0.1, 0.15) is 92.4 Å². The maximum atomic E-state index is 12.7. The van der Waals surface area contributed by atoms with Gasteiger partial charge < -0.3 is 30.6 Å². The summed E-state index contributed by atoms with van der Waals surface area (Å²) in [5.41, 5.74) is 4.82. The van der Waals surface area contributed by atoms with Crippen LogP contribution in [0.15, 0.2) is 0 Å². The molecule has 0 saturated heterocycles. The van der Waals surface area contributed by atoms with Gasteiger partial charge in [0.25, 0.3) is 0 Å². The van der Waals surface area contributed by atoms with Crippen LogP contribution >= 0.6 is 0 Å². The lowest BCUT2D eigenvalue weighted by molar-refractivity contribution is -0.157. The molecule has 10 nitrogen and oxygen atoms in total. The SMILES string of the molecule is CCCCOC(=O)CC[C@H](NC(=O)N[C@@H](CCCCN)C(=O)OC(C)(C)C)C(=O)OCCCC. The minimum Gasteiger partial charge on any atom is -0.466 e. The molecule has 2 amide bonds. The van der Waals surface area contributed by atoms with Crippen LogP contribution < -0.4 is 16.4 Å². The van der Waals surface area contributed by atoms with E-state index in [0.29, 0.717) is 38.8 Å². The van der Waals surface area contributed by atoms with Gasteiger partial charge >= 0.3 is 23.9 Å². The molecule has 0 saturated carbocycles. The van der Waals surface area contributed by atoms with Crippen LogP contribution in [0.2, 0.25) is 0 Å². The summed E-state index contributed by atoms with van der Waals surface area (Å²) in [6.07, 6.45) is 4.80. The van der Waals surface area contributed by atoms with E-state index in [1.807, 2.05) is 13.8 Å². The van der Waals surface area contributed by atoms with E-state index < -0.39 is 41.6 Å². The summed E-state index contributed by atoms with van der Waals surface area (Å²) >= 11 is 0. The van der Waals surface area contributed by atoms with Gasteiger partial charge in [-0.05, 0) is 65.8 Å². The first-order chi connectivity index (χ1) is 16.0. The smallest absolute Gasteiger partial charge is 0.329 e. The molecule has 2 atom stereocenters. The van der Waals surface area contributed by atoms with Crippen LogP contribution in [0, 0.1) is 0 Å². The van der Waals surface area contributed by atoms with Crippen LogP contribution in [-0.2, 0) is 28.6 Å². The predicted octanol–water partition coefficient (Wildman–Crippen LogP) is 2.96. The van der Waals surface area contributed by atoms with Crippen molar-refractivity contribution in [1.82, 2.24) is 10.6 Å². The molecular weight excluding hydrogens is 442 g/mol. The van der Waals surface area contributed by atoms with Crippen molar-refractivity contribution in [2.45, 2.75) is 110 Å². The van der Waals surface area contributed by atoms with Gasteiger partial charge in [0, 0.05) is 6.42 Å². The zero-order chi connectivity index (χ0) is 26.0. The molecule has 0 bridgehead atoms. The van der Waals surface area contributed by atoms with E-state index in [9.17, 15) is 19.2 Å². The van der Waals surface area contributed by atoms with Crippen molar-refractivity contribution in [3.05, 3.63) is 0 Å². The van der Waals surface area contributed by atoms with E-state index in [-0.39, 0.29) is 19.4 Å². The Hall–Kier alpha value is -2.36. The first-order valence-corrected chi connectivity index (χ1v) is 12.4. The number of amides is 2. The van der Waals surface area contributed by atoms with Gasteiger partial charge in [-0.2, -0.15) is 0 Å². The molecule has 198 valence electrons. The van der Waals surface area contributed by atoms with Crippen LogP contribution in [0.3, 0.4) is 0 Å². The topological polar surface area (TPSA) is 146 Å². The van der Waals surface area contributed by atoms with Gasteiger partial charge in [0.05, 0.1) is 13.2 Å². The minimum absolute atomic E-state index is 0.0214. The molecule has 0 aliphatic rings. The highest BCUT2D eigenvalue weighted by atomic mass is 16.6. The molecule has 0 fully saturated rings. The minimum atomic E-state index is -1.06. The van der Waals surface area contributed by atoms with E-state index in [0.717, 1.165) is 19.3 Å². The summed E-state index contributed by atoms with van der Waals surface area (Å²) in [7, 11) is 0. The number of carbonyl (C=O) groups excluding carboxylic acids is 4. The summed E-state index contributed by atoms with van der Waals surface area (Å²) in [5.74, 6) is -1.65. The lowest BCUT2D eigenvalue weighted by Gasteiger charge is -2.25. The number of unbranched alkanes of at least 4 members (excludes halogenated alkanes) is 3. The molecule has 10 heteroatoms. The average Bonchev–Trinajstić information content (AvgIpc) is 2.75. The van der Waals surface area contributed by atoms with Gasteiger partial charge in [-0.3, -0.25) is 4.79 Å². The van der Waals surface area contributed by atoms with E-state index in [1.54, 1.807) is 20.8 Å². The number of hydrogen-bond donors (Lipinski definition) is 3. The van der Waals surface area contributed by atoms with E-state index >= 15 is 0 Å². The summed E-state index contributed by atoms with van der Waals surface area (Å²) in [4.78, 5) is 49.7. The van der Waals surface area contributed by atoms with Crippen molar-refractivity contribution < 1.29 is 33.4 Å². The molecule has 0 aromatic rings. The summed E-state index contributed by atoms with van der Waals surface area (Å²) < 4.78 is 15.8. The number of urea groups is 1. The first-order valence-electron chi connectivity index (χ1n) is 12.4. The second-order valence-electron chi connectivity index (χ2n) is 9.17. The second-order valence-corrected chi connectivity index (χ2v) is 9.17. The third kappa shape index (κ3) is 16.3. The number of ether oxygens (including phenoxy) is 3. The predicted molar refractivity (Wildman–Crippen MR) is 129 cm³/mol. The van der Waals surface area contributed by atoms with E-state index in [1.165, 1.54) is 0 Å². The molecule has 0 unspecified atom stereocenters. The highest BCUT2D eigenvalue weighted by molar-refractivity contribution is 5.87. The van der Waals surface area contributed by atoms with Gasteiger partial charge in [0.2, 0.25) is 0 Å². The van der Waals surface area contributed by atoms with Crippen molar-refractivity contribution in [3.8, 4) is 0 Å². The molecule has 0 aromatic heterocycles. The molecule has 0 radical (unpaired) electrons. The standard InChI is InChI=1S/C24H45N3O7/c1-6-8-16-32-20(28)14-13-19(21(29)33-17-9-7-2)27-23(31)26-18(12-10-11-15-25)22(30)34-24(3,4)5/h18-19H,6-17,25H2,1-5H3,(H2,26,27,31)/t18-,19-/m0/s1. The number of hydrogen-bond acceptors (Lipinski definition) is 8. The van der Waals surface area contributed by atoms with Gasteiger partial charge in [-0.1, -0.05) is 26.7 Å². The molecule has 0 heterocycles. The number of nitrogens with one attached hydrogen (secondary N) is 2. The fourth-order valence-electron chi connectivity index (χ4n) is 2.80. The van der Waals surface area contributed by atoms with E-state index in [4.69, 9.17) is 19.9 Å². The van der Waals surface area contributed by atoms with Crippen molar-refractivity contribution >= 4 is 23.9 Å². The summed E-state index contributed by atoms with van der Waals surface area (Å²) in [6, 6.07) is -2.68. The number of nitrogens with two attached hydrogens (primary N) is 1. The van der Waals surface area contributed by atoms with Crippen molar-refractivity contribution in [2.24, 2.45) is 5.73 Å². The number of esters is 3. The molecule has 0 aliphatic heterocycles. The van der Waals surface area contributed by atoms with Crippen molar-refractivity contribution in [3.63, 3.8) is 0 Å². The van der Waals surface area contributed by atoms with Crippen LogP contribution in [-0.4, -0.2) is 61.4 Å². The van der Waals surface area contributed by atoms with Gasteiger partial charge in [-0.25, -0.2) is 14.4 Å². The van der Waals surface area contributed by atoms with Crippen molar-refractivity contribution in [1.29, 1.82) is 0 Å². The molecule has 34 heavy (non-hydrogen) atoms. The molecule has 0 aromatic carbocycles. The second kappa shape index (κ2) is 18.0. The summed E-state index contributed by atoms with van der Waals surface area (Å²) in [5, 5.41) is 5.13. The Kier molecular flexibility index (Phi) is 16.8. The largest absolute Gasteiger partial charge is 0.466 e. The molecule has 0 aliphatic carbocycles. The Balaban J connectivity index is 5.14. The maximum Gasteiger partial charge on any atom is 0.329 e. The Labute approximate surface area is 204 Å². The maximum absolute atomic E-state index is 12.7. The molecule has 0 spiro atoms. The quantitative estimate of drug-likeness (QED) is 0.161. The normalized spacial score (nSPS) is 12.9. The first kappa shape index (κ1) is 31.6. The Morgan fingerprint density at radius 1 is 0.794 bits per heavy atom. The highest BCUT2D eigenvalue weighted by Gasteiger charge is 2.29. The molecule has 0 rings (SSSR count). The summed E-state index contributed by atoms with van der Waals surface area (Å²) in [6.45, 7) is 10.2. The zero-order valence-electron chi connectivity index (χ0n) is 21.6.